The predicted molar refractivity (Wildman–Crippen MR) is 66.5 cm³/mol. The van der Waals surface area contributed by atoms with Crippen LogP contribution in [0.15, 0.2) is 54.9 Å². The topological polar surface area (TPSA) is 12.9 Å². The van der Waals surface area contributed by atoms with E-state index < -0.39 is 0 Å². The smallest absolute Gasteiger partial charge is 0.0346 e. The maximum Gasteiger partial charge on any atom is 0.0346 e. The normalized spacial score (nSPS) is 13.6. The molecule has 0 radical (unpaired) electrons. The molecule has 0 aromatic carbocycles. The van der Waals surface area contributed by atoms with Crippen molar-refractivity contribution in [3.63, 3.8) is 0 Å². The summed E-state index contributed by atoms with van der Waals surface area (Å²) >= 11 is 0. The second kappa shape index (κ2) is 6.77. The predicted octanol–water partition coefficient (Wildman–Crippen LogP) is 4.01. The number of hydrogen-bond acceptors (Lipinski definition) is 1. The van der Waals surface area contributed by atoms with Gasteiger partial charge in [-0.2, -0.15) is 0 Å². The van der Waals surface area contributed by atoms with Crippen molar-refractivity contribution in [2.75, 3.05) is 0 Å². The molecule has 1 aliphatic carbocycles. The lowest BCUT2D eigenvalue weighted by Crippen LogP contribution is -1.80. The Kier molecular flexibility index (Phi) is 5.16. The van der Waals surface area contributed by atoms with Crippen molar-refractivity contribution in [2.45, 2.75) is 20.3 Å². The van der Waals surface area contributed by atoms with Gasteiger partial charge < -0.3 is 0 Å². The van der Waals surface area contributed by atoms with Crippen LogP contribution in [0.25, 0.3) is 5.57 Å². The minimum absolute atomic E-state index is 1.01. The van der Waals surface area contributed by atoms with Gasteiger partial charge in [-0.15, -0.1) is 0 Å². The first-order valence-corrected chi connectivity index (χ1v) is 5.40. The molecule has 1 aromatic heterocycles. The molecule has 0 N–H and O–H groups in total. The summed E-state index contributed by atoms with van der Waals surface area (Å²) < 4.78 is 0. The molecule has 0 atom stereocenters. The van der Waals surface area contributed by atoms with Crippen LogP contribution in [0, 0.1) is 0 Å². The minimum Gasteiger partial charge on any atom is -0.264 e. The van der Waals surface area contributed by atoms with Crippen LogP contribution >= 0.6 is 0 Å². The second-order valence-corrected chi connectivity index (χ2v) is 2.93. The standard InChI is InChI=1S/C12H11N.C2H6/c1-2-4-7-11(6-3-1)12-8-5-9-13-10-12;1-2/h1,3-10H,2H2;1-2H3. The summed E-state index contributed by atoms with van der Waals surface area (Å²) in [6.07, 6.45) is 15.3. The maximum absolute atomic E-state index is 4.09. The van der Waals surface area contributed by atoms with Gasteiger partial charge in [0.2, 0.25) is 0 Å². The molecule has 0 saturated heterocycles. The Balaban J connectivity index is 0.000000531. The average Bonchev–Trinajstić information content (AvgIpc) is 2.61. The first-order chi connectivity index (χ1) is 7.47. The number of pyridine rings is 1. The first kappa shape index (κ1) is 11.4. The molecule has 78 valence electrons. The lowest BCUT2D eigenvalue weighted by atomic mass is 10.1. The van der Waals surface area contributed by atoms with Gasteiger partial charge in [-0.3, -0.25) is 4.98 Å². The summed E-state index contributed by atoms with van der Waals surface area (Å²) in [6.45, 7) is 4.00. The number of aromatic nitrogens is 1. The van der Waals surface area contributed by atoms with E-state index in [-0.39, 0.29) is 0 Å². The number of allylic oxidation sites excluding steroid dienone is 6. The third-order valence-corrected chi connectivity index (χ3v) is 1.98. The van der Waals surface area contributed by atoms with E-state index in [2.05, 4.69) is 41.4 Å². The molecule has 2 rings (SSSR count). The molecule has 1 aromatic rings. The molecule has 0 aliphatic heterocycles. The lowest BCUT2D eigenvalue weighted by molar-refractivity contribution is 1.31. The molecule has 0 bridgehead atoms. The van der Waals surface area contributed by atoms with Gasteiger partial charge >= 0.3 is 0 Å². The molecule has 1 heteroatoms. The van der Waals surface area contributed by atoms with E-state index in [1.54, 1.807) is 6.20 Å². The molecule has 0 saturated carbocycles. The molecular weight excluding hydrogens is 182 g/mol. The van der Waals surface area contributed by atoms with Crippen LogP contribution in [0.3, 0.4) is 0 Å². The summed E-state index contributed by atoms with van der Waals surface area (Å²) in [6, 6.07) is 4.03. The molecule has 1 heterocycles. The Hall–Kier alpha value is -1.63. The van der Waals surface area contributed by atoms with E-state index >= 15 is 0 Å². The number of hydrogen-bond donors (Lipinski definition) is 0. The third-order valence-electron chi connectivity index (χ3n) is 1.98. The Bertz CT molecular complexity index is 358. The molecule has 0 spiro atoms. The summed E-state index contributed by atoms with van der Waals surface area (Å²) in [4.78, 5) is 4.09. The zero-order chi connectivity index (χ0) is 10.9. The zero-order valence-electron chi connectivity index (χ0n) is 9.35. The van der Waals surface area contributed by atoms with Crippen molar-refractivity contribution < 1.29 is 0 Å². The van der Waals surface area contributed by atoms with Crippen molar-refractivity contribution in [3.8, 4) is 0 Å². The Morgan fingerprint density at radius 2 is 2.07 bits per heavy atom. The average molecular weight is 199 g/mol. The van der Waals surface area contributed by atoms with Crippen molar-refractivity contribution in [1.29, 1.82) is 0 Å². The Labute approximate surface area is 91.9 Å². The highest BCUT2D eigenvalue weighted by molar-refractivity contribution is 5.75. The molecule has 1 nitrogen and oxygen atoms in total. The van der Waals surface area contributed by atoms with Gasteiger partial charge in [0.1, 0.15) is 0 Å². The van der Waals surface area contributed by atoms with Crippen LogP contribution in [0.4, 0.5) is 0 Å². The van der Waals surface area contributed by atoms with Crippen molar-refractivity contribution in [3.05, 3.63) is 60.5 Å². The van der Waals surface area contributed by atoms with E-state index in [9.17, 15) is 0 Å². The second-order valence-electron chi connectivity index (χ2n) is 2.93. The van der Waals surface area contributed by atoms with Crippen LogP contribution in [0.1, 0.15) is 25.8 Å². The van der Waals surface area contributed by atoms with Gasteiger partial charge in [0, 0.05) is 12.4 Å². The fourth-order valence-electron chi connectivity index (χ4n) is 1.31. The van der Waals surface area contributed by atoms with Gasteiger partial charge in [0.15, 0.2) is 0 Å². The fraction of sp³-hybridized carbons (Fsp3) is 0.214. The van der Waals surface area contributed by atoms with Gasteiger partial charge in [-0.25, -0.2) is 0 Å². The minimum atomic E-state index is 1.01. The van der Waals surface area contributed by atoms with Crippen LogP contribution < -0.4 is 0 Å². The molecule has 0 amide bonds. The van der Waals surface area contributed by atoms with Crippen LogP contribution in [-0.2, 0) is 0 Å². The van der Waals surface area contributed by atoms with Crippen LogP contribution in [-0.4, -0.2) is 4.98 Å². The van der Waals surface area contributed by atoms with Crippen LogP contribution in [0.5, 0.6) is 0 Å². The van der Waals surface area contributed by atoms with Gasteiger partial charge in [0.05, 0.1) is 0 Å². The zero-order valence-corrected chi connectivity index (χ0v) is 9.35. The molecule has 15 heavy (non-hydrogen) atoms. The van der Waals surface area contributed by atoms with Crippen molar-refractivity contribution in [2.24, 2.45) is 0 Å². The monoisotopic (exact) mass is 199 g/mol. The number of nitrogens with zero attached hydrogens (tertiary/aromatic N) is 1. The Morgan fingerprint density at radius 1 is 1.20 bits per heavy atom. The summed E-state index contributed by atoms with van der Waals surface area (Å²) in [5.41, 5.74) is 2.40. The van der Waals surface area contributed by atoms with Gasteiger partial charge in [0.25, 0.3) is 0 Å². The fourth-order valence-corrected chi connectivity index (χ4v) is 1.31. The van der Waals surface area contributed by atoms with E-state index in [1.807, 2.05) is 26.1 Å². The van der Waals surface area contributed by atoms with Crippen molar-refractivity contribution in [1.82, 2.24) is 4.98 Å². The highest BCUT2D eigenvalue weighted by Gasteiger charge is 1.96. The maximum atomic E-state index is 4.09. The van der Waals surface area contributed by atoms with E-state index in [0.29, 0.717) is 0 Å². The Morgan fingerprint density at radius 3 is 2.80 bits per heavy atom. The summed E-state index contributed by atoms with van der Waals surface area (Å²) in [7, 11) is 0. The number of rotatable bonds is 1. The van der Waals surface area contributed by atoms with Crippen LogP contribution in [0.2, 0.25) is 0 Å². The SMILES string of the molecule is C1=CCC=CC(c2cccnc2)=C1.CC. The summed E-state index contributed by atoms with van der Waals surface area (Å²) in [5.74, 6) is 0. The molecular formula is C14H17N. The van der Waals surface area contributed by atoms with Gasteiger partial charge in [-0.1, -0.05) is 50.3 Å². The van der Waals surface area contributed by atoms with E-state index in [1.165, 1.54) is 11.1 Å². The van der Waals surface area contributed by atoms with E-state index in [0.717, 1.165) is 6.42 Å². The third kappa shape index (κ3) is 3.55. The molecule has 1 aliphatic rings. The quantitative estimate of drug-likeness (QED) is 0.666. The first-order valence-electron chi connectivity index (χ1n) is 5.40. The molecule has 0 fully saturated rings. The highest BCUT2D eigenvalue weighted by atomic mass is 14.6. The van der Waals surface area contributed by atoms with Gasteiger partial charge in [-0.05, 0) is 23.6 Å². The highest BCUT2D eigenvalue weighted by Crippen LogP contribution is 2.16. The summed E-state index contributed by atoms with van der Waals surface area (Å²) in [5, 5.41) is 0. The molecule has 0 unspecified atom stereocenters. The lowest BCUT2D eigenvalue weighted by Gasteiger charge is -1.98. The van der Waals surface area contributed by atoms with Crippen molar-refractivity contribution >= 4 is 5.57 Å². The van der Waals surface area contributed by atoms with E-state index in [4.69, 9.17) is 0 Å². The largest absolute Gasteiger partial charge is 0.264 e.